The normalized spacial score (nSPS) is 17.1. The molecule has 1 aliphatic heterocycles. The first-order valence-electron chi connectivity index (χ1n) is 9.75. The number of nitrogens with zero attached hydrogens (tertiary/aromatic N) is 2. The van der Waals surface area contributed by atoms with Gasteiger partial charge in [-0.1, -0.05) is 18.2 Å². The second kappa shape index (κ2) is 8.07. The molecule has 5 heteroatoms. The molecule has 0 amide bonds. The van der Waals surface area contributed by atoms with Crippen LogP contribution in [0.5, 0.6) is 11.5 Å². The van der Waals surface area contributed by atoms with Gasteiger partial charge < -0.3 is 14.4 Å². The number of aryl methyl sites for hydroxylation is 1. The third-order valence-corrected chi connectivity index (χ3v) is 5.25. The van der Waals surface area contributed by atoms with E-state index in [9.17, 15) is 9.50 Å². The molecule has 28 heavy (non-hydrogen) atoms. The summed E-state index contributed by atoms with van der Waals surface area (Å²) in [5.74, 6) is 0.446. The molecule has 0 radical (unpaired) electrons. The van der Waals surface area contributed by atoms with Gasteiger partial charge in [-0.3, -0.25) is 4.90 Å². The summed E-state index contributed by atoms with van der Waals surface area (Å²) in [5, 5.41) is 10.00. The molecule has 4 nitrogen and oxygen atoms in total. The van der Waals surface area contributed by atoms with Gasteiger partial charge in [0, 0.05) is 31.5 Å². The Morgan fingerprint density at radius 2 is 1.93 bits per heavy atom. The van der Waals surface area contributed by atoms with Crippen molar-refractivity contribution in [1.29, 1.82) is 0 Å². The maximum atomic E-state index is 13.5. The van der Waals surface area contributed by atoms with E-state index in [2.05, 4.69) is 27.8 Å². The van der Waals surface area contributed by atoms with Crippen molar-refractivity contribution in [2.75, 3.05) is 13.2 Å². The van der Waals surface area contributed by atoms with E-state index in [0.717, 1.165) is 30.6 Å². The molecule has 1 N–H and O–H groups in total. The van der Waals surface area contributed by atoms with Crippen molar-refractivity contribution in [2.45, 2.75) is 32.5 Å². The number of rotatable bonds is 5. The number of hydrogen-bond donors (Lipinski definition) is 1. The molecule has 1 aromatic heterocycles. The summed E-state index contributed by atoms with van der Waals surface area (Å²) < 4.78 is 21.3. The molecule has 0 saturated carbocycles. The molecular weight excluding hydrogens is 355 g/mol. The van der Waals surface area contributed by atoms with Crippen molar-refractivity contribution in [1.82, 2.24) is 9.47 Å². The molecule has 1 atom stereocenters. The van der Waals surface area contributed by atoms with Crippen molar-refractivity contribution >= 4 is 0 Å². The van der Waals surface area contributed by atoms with Crippen LogP contribution in [-0.4, -0.2) is 27.7 Å². The number of fused-ring (bicyclic) bond motifs is 1. The Kier molecular flexibility index (Phi) is 5.35. The van der Waals surface area contributed by atoms with Crippen LogP contribution in [0.4, 0.5) is 4.39 Å². The van der Waals surface area contributed by atoms with E-state index in [1.165, 1.54) is 17.8 Å². The van der Waals surface area contributed by atoms with Crippen molar-refractivity contribution in [2.24, 2.45) is 0 Å². The predicted molar refractivity (Wildman–Crippen MR) is 107 cm³/mol. The van der Waals surface area contributed by atoms with Crippen LogP contribution in [0.15, 0.2) is 60.8 Å². The number of halogens is 1. The standard InChI is InChI=1S/C23H25FN2O2/c1-2-28-22-15-17(6-11-21(22)27)16-26-14-4-13-25-12-3-5-20(25)23(26)18-7-9-19(24)10-8-18/h3,5-12,15,23,27H,2,4,13-14,16H2,1H3/t23-/m1/s1. The van der Waals surface area contributed by atoms with Crippen LogP contribution in [0.2, 0.25) is 0 Å². The van der Waals surface area contributed by atoms with Gasteiger partial charge in [-0.15, -0.1) is 0 Å². The van der Waals surface area contributed by atoms with E-state index < -0.39 is 0 Å². The predicted octanol–water partition coefficient (Wildman–Crippen LogP) is 4.73. The molecule has 4 rings (SSSR count). The topological polar surface area (TPSA) is 37.6 Å². The molecule has 2 aromatic carbocycles. The first kappa shape index (κ1) is 18.6. The van der Waals surface area contributed by atoms with Crippen molar-refractivity contribution in [3.05, 3.63) is 83.4 Å². The van der Waals surface area contributed by atoms with Gasteiger partial charge in [0.2, 0.25) is 0 Å². The summed E-state index contributed by atoms with van der Waals surface area (Å²) in [4.78, 5) is 2.41. The number of phenols is 1. The van der Waals surface area contributed by atoms with Crippen molar-refractivity contribution in [3.8, 4) is 11.5 Å². The Hall–Kier alpha value is -2.79. The number of benzene rings is 2. The number of ether oxygens (including phenoxy) is 1. The van der Waals surface area contributed by atoms with Gasteiger partial charge in [0.1, 0.15) is 5.82 Å². The first-order chi connectivity index (χ1) is 13.7. The molecule has 0 unspecified atom stereocenters. The number of aromatic nitrogens is 1. The molecule has 0 aliphatic carbocycles. The SMILES string of the molecule is CCOc1cc(CN2CCCn3cccc3[C@H]2c2ccc(F)cc2)ccc1O. The van der Waals surface area contributed by atoms with E-state index in [4.69, 9.17) is 4.74 Å². The molecule has 0 saturated heterocycles. The van der Waals surface area contributed by atoms with Gasteiger partial charge in [0.05, 0.1) is 12.6 Å². The second-order valence-corrected chi connectivity index (χ2v) is 7.14. The summed E-state index contributed by atoms with van der Waals surface area (Å²) in [6.45, 7) is 5.02. The van der Waals surface area contributed by atoms with Crippen molar-refractivity contribution in [3.63, 3.8) is 0 Å². The second-order valence-electron chi connectivity index (χ2n) is 7.14. The Labute approximate surface area is 164 Å². The van der Waals surface area contributed by atoms with Crippen LogP contribution >= 0.6 is 0 Å². The maximum Gasteiger partial charge on any atom is 0.161 e. The third kappa shape index (κ3) is 3.76. The molecule has 0 bridgehead atoms. The van der Waals surface area contributed by atoms with Crippen LogP contribution < -0.4 is 4.74 Å². The summed E-state index contributed by atoms with van der Waals surface area (Å²) >= 11 is 0. The highest BCUT2D eigenvalue weighted by atomic mass is 19.1. The molecule has 1 aliphatic rings. The monoisotopic (exact) mass is 380 g/mol. The van der Waals surface area contributed by atoms with Crippen LogP contribution in [-0.2, 0) is 13.1 Å². The van der Waals surface area contributed by atoms with Gasteiger partial charge in [-0.05, 0) is 60.9 Å². The Bertz CT molecular complexity index is 936. The zero-order chi connectivity index (χ0) is 19.5. The summed E-state index contributed by atoms with van der Waals surface area (Å²) in [6, 6.07) is 16.6. The van der Waals surface area contributed by atoms with E-state index in [-0.39, 0.29) is 17.6 Å². The minimum Gasteiger partial charge on any atom is -0.504 e. The largest absolute Gasteiger partial charge is 0.504 e. The average molecular weight is 380 g/mol. The summed E-state index contributed by atoms with van der Waals surface area (Å²) in [7, 11) is 0. The lowest BCUT2D eigenvalue weighted by atomic mass is 10.0. The van der Waals surface area contributed by atoms with E-state index in [0.29, 0.717) is 18.9 Å². The highest BCUT2D eigenvalue weighted by Crippen LogP contribution is 2.34. The van der Waals surface area contributed by atoms with Gasteiger partial charge in [0.15, 0.2) is 11.5 Å². The summed E-state index contributed by atoms with van der Waals surface area (Å²) in [5.41, 5.74) is 3.37. The molecule has 2 heterocycles. The summed E-state index contributed by atoms with van der Waals surface area (Å²) in [6.07, 6.45) is 3.15. The first-order valence-corrected chi connectivity index (χ1v) is 9.75. The Morgan fingerprint density at radius 1 is 1.11 bits per heavy atom. The van der Waals surface area contributed by atoms with Crippen LogP contribution in [0.25, 0.3) is 0 Å². The van der Waals surface area contributed by atoms with Gasteiger partial charge >= 0.3 is 0 Å². The molecular formula is C23H25FN2O2. The Balaban J connectivity index is 1.69. The van der Waals surface area contributed by atoms with E-state index in [1.54, 1.807) is 6.07 Å². The third-order valence-electron chi connectivity index (χ3n) is 5.25. The fourth-order valence-corrected chi connectivity index (χ4v) is 4.00. The minimum atomic E-state index is -0.223. The molecule has 0 spiro atoms. The van der Waals surface area contributed by atoms with Gasteiger partial charge in [-0.2, -0.15) is 0 Å². The lowest BCUT2D eigenvalue weighted by Gasteiger charge is -2.31. The molecule has 3 aromatic rings. The van der Waals surface area contributed by atoms with E-state index in [1.807, 2.05) is 31.2 Å². The maximum absolute atomic E-state index is 13.5. The molecule has 146 valence electrons. The van der Waals surface area contributed by atoms with Crippen LogP contribution in [0, 0.1) is 5.82 Å². The lowest BCUT2D eigenvalue weighted by Crippen LogP contribution is -2.29. The average Bonchev–Trinajstić information content (AvgIpc) is 3.07. The fourth-order valence-electron chi connectivity index (χ4n) is 4.00. The van der Waals surface area contributed by atoms with Crippen LogP contribution in [0.1, 0.15) is 36.2 Å². The van der Waals surface area contributed by atoms with Gasteiger partial charge in [0.25, 0.3) is 0 Å². The number of hydrogen-bond acceptors (Lipinski definition) is 3. The molecule has 0 fully saturated rings. The highest BCUT2D eigenvalue weighted by Gasteiger charge is 2.27. The highest BCUT2D eigenvalue weighted by molar-refractivity contribution is 5.42. The van der Waals surface area contributed by atoms with Crippen LogP contribution in [0.3, 0.4) is 0 Å². The smallest absolute Gasteiger partial charge is 0.161 e. The lowest BCUT2D eigenvalue weighted by molar-refractivity contribution is 0.219. The number of phenolic OH excluding ortho intramolecular Hbond substituents is 1. The Morgan fingerprint density at radius 3 is 2.71 bits per heavy atom. The zero-order valence-electron chi connectivity index (χ0n) is 16.0. The van der Waals surface area contributed by atoms with E-state index >= 15 is 0 Å². The zero-order valence-corrected chi connectivity index (χ0v) is 16.0. The fraction of sp³-hybridized carbons (Fsp3) is 0.304. The van der Waals surface area contributed by atoms with Crippen molar-refractivity contribution < 1.29 is 14.2 Å². The van der Waals surface area contributed by atoms with Gasteiger partial charge in [-0.25, -0.2) is 4.39 Å². The minimum absolute atomic E-state index is 0.0439. The number of aromatic hydroxyl groups is 1. The quantitative estimate of drug-likeness (QED) is 0.696.